The molecule has 0 amide bonds. The molecule has 2 heteroatoms. The molecule has 22 heavy (non-hydrogen) atoms. The van der Waals surface area contributed by atoms with Crippen LogP contribution in [0.2, 0.25) is 0 Å². The van der Waals surface area contributed by atoms with E-state index in [9.17, 15) is 9.50 Å². The topological polar surface area (TPSA) is 20.2 Å². The van der Waals surface area contributed by atoms with Gasteiger partial charge >= 0.3 is 0 Å². The van der Waals surface area contributed by atoms with Crippen molar-refractivity contribution in [2.24, 2.45) is 0 Å². The molecule has 1 saturated carbocycles. The highest BCUT2D eigenvalue weighted by molar-refractivity contribution is 5.65. The second kappa shape index (κ2) is 6.62. The van der Waals surface area contributed by atoms with Crippen molar-refractivity contribution < 1.29 is 9.50 Å². The summed E-state index contributed by atoms with van der Waals surface area (Å²) in [5.74, 6) is 0.238. The van der Waals surface area contributed by atoms with E-state index in [0.717, 1.165) is 43.2 Å². The van der Waals surface area contributed by atoms with Gasteiger partial charge in [0.05, 0.1) is 6.10 Å². The Morgan fingerprint density at radius 1 is 1.00 bits per heavy atom. The highest BCUT2D eigenvalue weighted by Crippen LogP contribution is 2.35. The van der Waals surface area contributed by atoms with E-state index in [-0.39, 0.29) is 11.9 Å². The molecule has 1 aliphatic carbocycles. The first-order chi connectivity index (χ1) is 10.7. The van der Waals surface area contributed by atoms with E-state index in [1.54, 1.807) is 6.07 Å². The first kappa shape index (κ1) is 15.2. The number of aliphatic hydroxyl groups excluding tert-OH is 1. The summed E-state index contributed by atoms with van der Waals surface area (Å²) in [5.41, 5.74) is 3.93. The molecular formula is C20H23FO. The highest BCUT2D eigenvalue weighted by Gasteiger charge is 2.21. The normalized spacial score (nSPS) is 21.8. The molecule has 0 unspecified atom stereocenters. The molecule has 0 atom stereocenters. The molecule has 0 bridgehead atoms. The minimum absolute atomic E-state index is 0.145. The van der Waals surface area contributed by atoms with Crippen molar-refractivity contribution in [3.8, 4) is 11.1 Å². The van der Waals surface area contributed by atoms with Crippen LogP contribution in [-0.4, -0.2) is 11.2 Å². The van der Waals surface area contributed by atoms with Crippen molar-refractivity contribution in [2.45, 2.75) is 51.0 Å². The lowest BCUT2D eigenvalue weighted by molar-refractivity contribution is 0.122. The van der Waals surface area contributed by atoms with Crippen LogP contribution in [0.5, 0.6) is 0 Å². The molecular weight excluding hydrogens is 275 g/mol. The van der Waals surface area contributed by atoms with E-state index >= 15 is 0 Å². The zero-order chi connectivity index (χ0) is 15.5. The smallest absolute Gasteiger partial charge is 0.131 e. The molecule has 0 aliphatic heterocycles. The summed E-state index contributed by atoms with van der Waals surface area (Å²) in [6, 6.07) is 13.7. The minimum atomic E-state index is -0.169. The van der Waals surface area contributed by atoms with Crippen LogP contribution in [-0.2, 0) is 6.42 Å². The Balaban J connectivity index is 1.82. The summed E-state index contributed by atoms with van der Waals surface area (Å²) in [7, 11) is 0. The summed E-state index contributed by atoms with van der Waals surface area (Å²) in [6.45, 7) is 2.12. The Morgan fingerprint density at radius 3 is 2.27 bits per heavy atom. The van der Waals surface area contributed by atoms with Crippen LogP contribution in [0.1, 0.15) is 49.7 Å². The number of hydrogen-bond donors (Lipinski definition) is 1. The van der Waals surface area contributed by atoms with Gasteiger partial charge in [-0.2, -0.15) is 0 Å². The van der Waals surface area contributed by atoms with E-state index in [1.807, 2.05) is 18.2 Å². The maximum atomic E-state index is 14.5. The van der Waals surface area contributed by atoms with E-state index in [2.05, 4.69) is 25.1 Å². The second-order valence-corrected chi connectivity index (χ2v) is 6.30. The number of halogens is 1. The van der Waals surface area contributed by atoms with Crippen molar-refractivity contribution in [2.75, 3.05) is 0 Å². The third kappa shape index (κ3) is 3.22. The molecule has 1 aliphatic rings. The van der Waals surface area contributed by atoms with E-state index < -0.39 is 0 Å². The maximum Gasteiger partial charge on any atom is 0.131 e. The predicted molar refractivity (Wildman–Crippen MR) is 88.4 cm³/mol. The fourth-order valence-electron chi connectivity index (χ4n) is 3.35. The van der Waals surface area contributed by atoms with Gasteiger partial charge in [0, 0.05) is 5.56 Å². The molecule has 1 nitrogen and oxygen atoms in total. The monoisotopic (exact) mass is 298 g/mol. The Bertz CT molecular complexity index is 625. The molecule has 0 radical (unpaired) electrons. The van der Waals surface area contributed by atoms with Gasteiger partial charge in [0.15, 0.2) is 0 Å². The van der Waals surface area contributed by atoms with E-state index in [1.165, 1.54) is 5.56 Å². The number of hydrogen-bond acceptors (Lipinski definition) is 1. The fourth-order valence-corrected chi connectivity index (χ4v) is 3.35. The van der Waals surface area contributed by atoms with E-state index in [0.29, 0.717) is 11.5 Å². The van der Waals surface area contributed by atoms with Crippen LogP contribution in [0.3, 0.4) is 0 Å². The Morgan fingerprint density at radius 2 is 1.68 bits per heavy atom. The van der Waals surface area contributed by atoms with Crippen molar-refractivity contribution in [3.05, 3.63) is 59.4 Å². The quantitative estimate of drug-likeness (QED) is 0.838. The van der Waals surface area contributed by atoms with Gasteiger partial charge in [-0.1, -0.05) is 43.3 Å². The second-order valence-electron chi connectivity index (χ2n) is 6.30. The fraction of sp³-hybridized carbons (Fsp3) is 0.400. The average molecular weight is 298 g/mol. The third-order valence-corrected chi connectivity index (χ3v) is 4.83. The van der Waals surface area contributed by atoms with Crippen molar-refractivity contribution in [1.82, 2.24) is 0 Å². The van der Waals surface area contributed by atoms with Gasteiger partial charge in [0.1, 0.15) is 5.82 Å². The number of aliphatic hydroxyl groups is 1. The largest absolute Gasteiger partial charge is 0.393 e. The van der Waals surface area contributed by atoms with Crippen LogP contribution in [0.25, 0.3) is 11.1 Å². The van der Waals surface area contributed by atoms with Crippen LogP contribution in [0, 0.1) is 5.82 Å². The van der Waals surface area contributed by atoms with Crippen LogP contribution in [0.15, 0.2) is 42.5 Å². The molecule has 2 aromatic rings. The highest BCUT2D eigenvalue weighted by atomic mass is 19.1. The summed E-state index contributed by atoms with van der Waals surface area (Å²) in [5, 5.41) is 9.59. The molecule has 0 spiro atoms. The number of rotatable bonds is 3. The summed E-state index contributed by atoms with van der Waals surface area (Å²) in [4.78, 5) is 0. The molecule has 0 heterocycles. The van der Waals surface area contributed by atoms with Crippen molar-refractivity contribution in [3.63, 3.8) is 0 Å². The average Bonchev–Trinajstić information content (AvgIpc) is 2.56. The van der Waals surface area contributed by atoms with Crippen LogP contribution in [0.4, 0.5) is 4.39 Å². The van der Waals surface area contributed by atoms with Gasteiger partial charge in [-0.15, -0.1) is 0 Å². The van der Waals surface area contributed by atoms with Crippen LogP contribution < -0.4 is 0 Å². The zero-order valence-corrected chi connectivity index (χ0v) is 13.1. The van der Waals surface area contributed by atoms with Gasteiger partial charge in [-0.25, -0.2) is 4.39 Å². The van der Waals surface area contributed by atoms with Gasteiger partial charge in [0.2, 0.25) is 0 Å². The zero-order valence-electron chi connectivity index (χ0n) is 13.1. The summed E-state index contributed by atoms with van der Waals surface area (Å²) in [6.07, 6.45) is 4.38. The first-order valence-electron chi connectivity index (χ1n) is 8.24. The molecule has 0 aromatic heterocycles. The molecule has 1 fully saturated rings. The van der Waals surface area contributed by atoms with Gasteiger partial charge in [-0.05, 0) is 60.8 Å². The Kier molecular flexibility index (Phi) is 4.58. The SMILES string of the molecule is CCc1ccc(-c2ccc(C3CCC(O)CC3)cc2F)cc1. The third-order valence-electron chi connectivity index (χ3n) is 4.83. The maximum absolute atomic E-state index is 14.5. The van der Waals surface area contributed by atoms with Crippen LogP contribution >= 0.6 is 0 Å². The standard InChI is InChI=1S/C20H23FO/c1-2-14-3-5-16(6-4-14)19-12-9-17(13-20(19)21)15-7-10-18(22)11-8-15/h3-6,9,12-13,15,18,22H,2,7-8,10-11H2,1H3. The number of benzene rings is 2. The first-order valence-corrected chi connectivity index (χ1v) is 8.24. The Hall–Kier alpha value is -1.67. The van der Waals surface area contributed by atoms with Crippen molar-refractivity contribution in [1.29, 1.82) is 0 Å². The summed E-state index contributed by atoms with van der Waals surface area (Å²) < 4.78 is 14.5. The lowest BCUT2D eigenvalue weighted by Gasteiger charge is -2.26. The van der Waals surface area contributed by atoms with Gasteiger partial charge < -0.3 is 5.11 Å². The lowest BCUT2D eigenvalue weighted by Crippen LogP contribution is -2.17. The lowest BCUT2D eigenvalue weighted by atomic mass is 9.82. The van der Waals surface area contributed by atoms with Crippen molar-refractivity contribution >= 4 is 0 Å². The van der Waals surface area contributed by atoms with Gasteiger partial charge in [0.25, 0.3) is 0 Å². The van der Waals surface area contributed by atoms with Gasteiger partial charge in [-0.3, -0.25) is 0 Å². The molecule has 0 saturated heterocycles. The molecule has 2 aromatic carbocycles. The van der Waals surface area contributed by atoms with E-state index in [4.69, 9.17) is 0 Å². The molecule has 116 valence electrons. The Labute approximate surface area is 131 Å². The minimum Gasteiger partial charge on any atom is -0.393 e. The predicted octanol–water partition coefficient (Wildman–Crippen LogP) is 5.07. The molecule has 1 N–H and O–H groups in total. The number of aryl methyl sites for hydroxylation is 1. The summed E-state index contributed by atoms with van der Waals surface area (Å²) >= 11 is 0. The molecule has 3 rings (SSSR count).